The molecule has 0 radical (unpaired) electrons. The SMILES string of the molecule is CC(C)(C)c1ccc(C=NNC(=O)Cn2c(C(F)(F)F)nc3ccccc32)cc1. The molecule has 0 saturated carbocycles. The number of carbonyl (C=O) groups is 1. The monoisotopic (exact) mass is 402 g/mol. The number of hydrazone groups is 1. The van der Waals surface area contributed by atoms with E-state index in [1.165, 1.54) is 18.3 Å². The van der Waals surface area contributed by atoms with Gasteiger partial charge in [-0.3, -0.25) is 4.79 Å². The van der Waals surface area contributed by atoms with Crippen molar-refractivity contribution in [3.05, 3.63) is 65.5 Å². The normalized spacial score (nSPS) is 12.6. The number of hydrogen-bond acceptors (Lipinski definition) is 3. The second-order valence-corrected chi connectivity index (χ2v) is 7.67. The van der Waals surface area contributed by atoms with Gasteiger partial charge >= 0.3 is 6.18 Å². The van der Waals surface area contributed by atoms with Gasteiger partial charge in [-0.15, -0.1) is 0 Å². The van der Waals surface area contributed by atoms with Crippen LogP contribution in [0.3, 0.4) is 0 Å². The minimum absolute atomic E-state index is 0.0215. The fraction of sp³-hybridized carbons (Fsp3) is 0.286. The number of hydrogen-bond donors (Lipinski definition) is 1. The van der Waals surface area contributed by atoms with Gasteiger partial charge in [0.05, 0.1) is 17.2 Å². The summed E-state index contributed by atoms with van der Waals surface area (Å²) in [6, 6.07) is 13.8. The third-order valence-electron chi connectivity index (χ3n) is 4.39. The number of nitrogens with one attached hydrogen (secondary N) is 1. The average molecular weight is 402 g/mol. The topological polar surface area (TPSA) is 59.3 Å². The summed E-state index contributed by atoms with van der Waals surface area (Å²) in [5.41, 5.74) is 4.63. The number of benzene rings is 2. The van der Waals surface area contributed by atoms with Crippen molar-refractivity contribution < 1.29 is 18.0 Å². The van der Waals surface area contributed by atoms with E-state index in [9.17, 15) is 18.0 Å². The lowest BCUT2D eigenvalue weighted by atomic mass is 9.87. The van der Waals surface area contributed by atoms with E-state index in [4.69, 9.17) is 0 Å². The van der Waals surface area contributed by atoms with Crippen molar-refractivity contribution in [1.82, 2.24) is 15.0 Å². The fourth-order valence-electron chi connectivity index (χ4n) is 2.88. The Labute approximate surface area is 166 Å². The molecule has 1 N–H and O–H groups in total. The molecule has 1 aromatic heterocycles. The molecule has 1 heterocycles. The fourth-order valence-corrected chi connectivity index (χ4v) is 2.88. The van der Waals surface area contributed by atoms with Crippen LogP contribution in [-0.2, 0) is 22.9 Å². The number of carbonyl (C=O) groups excluding carboxylic acids is 1. The molecule has 2 aromatic carbocycles. The van der Waals surface area contributed by atoms with Crippen molar-refractivity contribution in [2.45, 2.75) is 38.9 Å². The number of fused-ring (bicyclic) bond motifs is 1. The predicted octanol–water partition coefficient (Wildman–Crippen LogP) is 4.50. The van der Waals surface area contributed by atoms with Gasteiger partial charge < -0.3 is 4.57 Å². The van der Waals surface area contributed by atoms with Gasteiger partial charge in [-0.05, 0) is 28.7 Å². The van der Waals surface area contributed by atoms with Crippen molar-refractivity contribution in [3.8, 4) is 0 Å². The van der Waals surface area contributed by atoms with Crippen molar-refractivity contribution in [3.63, 3.8) is 0 Å². The zero-order valence-electron chi connectivity index (χ0n) is 16.3. The van der Waals surface area contributed by atoms with E-state index in [2.05, 4.69) is 36.3 Å². The van der Waals surface area contributed by atoms with Crippen LogP contribution in [0.5, 0.6) is 0 Å². The Morgan fingerprint density at radius 3 is 2.38 bits per heavy atom. The van der Waals surface area contributed by atoms with Crippen LogP contribution in [0.25, 0.3) is 11.0 Å². The van der Waals surface area contributed by atoms with Crippen molar-refractivity contribution >= 4 is 23.2 Å². The molecule has 0 spiro atoms. The third kappa shape index (κ3) is 4.82. The first-order chi connectivity index (χ1) is 13.6. The summed E-state index contributed by atoms with van der Waals surface area (Å²) in [5.74, 6) is -1.79. The lowest BCUT2D eigenvalue weighted by molar-refractivity contribution is -0.147. The Hall–Kier alpha value is -3.16. The molecule has 5 nitrogen and oxygen atoms in total. The Balaban J connectivity index is 1.72. The molecular weight excluding hydrogens is 381 g/mol. The Kier molecular flexibility index (Phi) is 5.46. The van der Waals surface area contributed by atoms with E-state index in [-0.39, 0.29) is 16.4 Å². The first kappa shape index (κ1) is 20.6. The van der Waals surface area contributed by atoms with Crippen LogP contribution in [-0.4, -0.2) is 21.7 Å². The minimum atomic E-state index is -4.67. The summed E-state index contributed by atoms with van der Waals surface area (Å²) in [7, 11) is 0. The lowest BCUT2D eigenvalue weighted by Gasteiger charge is -2.18. The third-order valence-corrected chi connectivity index (χ3v) is 4.39. The summed E-state index contributed by atoms with van der Waals surface area (Å²) in [4.78, 5) is 15.8. The van der Waals surface area contributed by atoms with Gasteiger partial charge in [0.15, 0.2) is 0 Å². The number of halogens is 3. The standard InChI is InChI=1S/C21H21F3N4O/c1-20(2,3)15-10-8-14(9-11-15)12-25-27-18(29)13-28-17-7-5-4-6-16(17)26-19(28)21(22,23)24/h4-12H,13H2,1-3H3,(H,27,29). The van der Waals surface area contributed by atoms with Gasteiger partial charge in [0.1, 0.15) is 6.54 Å². The molecule has 3 rings (SSSR count). The predicted molar refractivity (Wildman–Crippen MR) is 106 cm³/mol. The number of rotatable bonds is 4. The summed E-state index contributed by atoms with van der Waals surface area (Å²) in [6.45, 7) is 5.76. The second kappa shape index (κ2) is 7.69. The maximum atomic E-state index is 13.3. The molecule has 29 heavy (non-hydrogen) atoms. The highest BCUT2D eigenvalue weighted by atomic mass is 19.4. The molecule has 0 aliphatic rings. The van der Waals surface area contributed by atoms with Crippen molar-refractivity contribution in [2.24, 2.45) is 5.10 Å². The Morgan fingerprint density at radius 1 is 1.10 bits per heavy atom. The molecule has 0 bridgehead atoms. The van der Waals surface area contributed by atoms with E-state index in [0.717, 1.165) is 15.7 Å². The molecule has 0 saturated heterocycles. The second-order valence-electron chi connectivity index (χ2n) is 7.67. The number of imidazole rings is 1. The molecule has 0 atom stereocenters. The van der Waals surface area contributed by atoms with Gasteiger partial charge in [-0.1, -0.05) is 57.2 Å². The zero-order valence-corrected chi connectivity index (χ0v) is 16.3. The molecule has 3 aromatic rings. The zero-order chi connectivity index (χ0) is 21.2. The number of nitrogens with zero attached hydrogens (tertiary/aromatic N) is 3. The quantitative estimate of drug-likeness (QED) is 0.516. The largest absolute Gasteiger partial charge is 0.449 e. The van der Waals surface area contributed by atoms with Crippen LogP contribution < -0.4 is 5.43 Å². The van der Waals surface area contributed by atoms with E-state index < -0.39 is 24.5 Å². The molecule has 152 valence electrons. The minimum Gasteiger partial charge on any atom is -0.311 e. The summed E-state index contributed by atoms with van der Waals surface area (Å²) < 4.78 is 40.7. The van der Waals surface area contributed by atoms with Crippen LogP contribution in [0.4, 0.5) is 13.2 Å². The number of para-hydroxylation sites is 2. The highest BCUT2D eigenvalue weighted by Gasteiger charge is 2.37. The molecule has 1 amide bonds. The average Bonchev–Trinajstić information content (AvgIpc) is 3.00. The maximum Gasteiger partial charge on any atom is 0.449 e. The van der Waals surface area contributed by atoms with Gasteiger partial charge in [0.2, 0.25) is 5.82 Å². The van der Waals surface area contributed by atoms with E-state index in [1.807, 2.05) is 24.3 Å². The van der Waals surface area contributed by atoms with Gasteiger partial charge in [-0.25, -0.2) is 10.4 Å². The maximum absolute atomic E-state index is 13.3. The van der Waals surface area contributed by atoms with Crippen LogP contribution in [0.1, 0.15) is 37.7 Å². The molecule has 8 heteroatoms. The highest BCUT2D eigenvalue weighted by molar-refractivity contribution is 5.84. The van der Waals surface area contributed by atoms with Crippen LogP contribution in [0.15, 0.2) is 53.6 Å². The van der Waals surface area contributed by atoms with Crippen LogP contribution in [0.2, 0.25) is 0 Å². The van der Waals surface area contributed by atoms with Crippen LogP contribution in [0, 0.1) is 0 Å². The number of alkyl halides is 3. The van der Waals surface area contributed by atoms with E-state index >= 15 is 0 Å². The van der Waals surface area contributed by atoms with Crippen molar-refractivity contribution in [1.29, 1.82) is 0 Å². The van der Waals surface area contributed by atoms with Gasteiger partial charge in [0.25, 0.3) is 5.91 Å². The van der Waals surface area contributed by atoms with Crippen LogP contribution >= 0.6 is 0 Å². The number of aromatic nitrogens is 2. The molecule has 0 unspecified atom stereocenters. The number of amides is 1. The van der Waals surface area contributed by atoms with Crippen molar-refractivity contribution in [2.75, 3.05) is 0 Å². The smallest absolute Gasteiger partial charge is 0.311 e. The van der Waals surface area contributed by atoms with E-state index in [1.54, 1.807) is 12.1 Å². The summed E-state index contributed by atoms with van der Waals surface area (Å²) in [5, 5.41) is 3.85. The van der Waals surface area contributed by atoms with E-state index in [0.29, 0.717) is 0 Å². The first-order valence-corrected chi connectivity index (χ1v) is 9.00. The summed E-state index contributed by atoms with van der Waals surface area (Å²) in [6.07, 6.45) is -3.22. The molecule has 0 fully saturated rings. The lowest BCUT2D eigenvalue weighted by Crippen LogP contribution is -2.26. The van der Waals surface area contributed by atoms with Gasteiger partial charge in [0, 0.05) is 0 Å². The molecular formula is C21H21F3N4O. The highest BCUT2D eigenvalue weighted by Crippen LogP contribution is 2.31. The first-order valence-electron chi connectivity index (χ1n) is 9.00. The Bertz CT molecular complexity index is 1040. The van der Waals surface area contributed by atoms with Gasteiger partial charge in [-0.2, -0.15) is 18.3 Å². The molecule has 0 aliphatic heterocycles. The molecule has 0 aliphatic carbocycles. The Morgan fingerprint density at radius 2 is 1.76 bits per heavy atom. The summed E-state index contributed by atoms with van der Waals surface area (Å²) >= 11 is 0.